The molecular weight excluding hydrogens is 406 g/mol. The normalized spacial score (nSPS) is 13.0. The van der Waals surface area contributed by atoms with Gasteiger partial charge in [-0.15, -0.1) is 11.3 Å². The average molecular weight is 428 g/mol. The summed E-state index contributed by atoms with van der Waals surface area (Å²) in [6.45, 7) is 4.20. The predicted octanol–water partition coefficient (Wildman–Crippen LogP) is 2.40. The highest BCUT2D eigenvalue weighted by atomic mass is 32.2. The van der Waals surface area contributed by atoms with Gasteiger partial charge in [-0.05, 0) is 44.4 Å². The molecule has 0 saturated carbocycles. The second kappa shape index (κ2) is 8.25. The molecule has 0 bridgehead atoms. The van der Waals surface area contributed by atoms with Gasteiger partial charge in [0, 0.05) is 0 Å². The Balaban J connectivity index is 2.40. The van der Waals surface area contributed by atoms with Gasteiger partial charge in [0.05, 0.1) is 5.69 Å². The van der Waals surface area contributed by atoms with Crippen molar-refractivity contribution in [3.05, 3.63) is 41.4 Å². The van der Waals surface area contributed by atoms with Crippen LogP contribution in [0.25, 0.3) is 0 Å². The van der Waals surface area contributed by atoms with Crippen molar-refractivity contribution >= 4 is 39.1 Å². The molecule has 152 valence electrons. The summed E-state index contributed by atoms with van der Waals surface area (Å²) in [5.74, 6) is -1.36. The molecule has 2 heterocycles. The van der Waals surface area contributed by atoms with Crippen LogP contribution in [0.2, 0.25) is 0 Å². The zero-order chi connectivity index (χ0) is 21.1. The fourth-order valence-electron chi connectivity index (χ4n) is 2.15. The molecule has 2 aromatic heterocycles. The lowest BCUT2D eigenvalue weighted by molar-refractivity contribution is -0.135. The largest absolute Gasteiger partial charge is 0.480 e. The van der Waals surface area contributed by atoms with Gasteiger partial charge < -0.3 is 15.6 Å². The number of ether oxygens (including phenoxy) is 1. The molecule has 11 heteroatoms. The number of thiophene rings is 1. The number of pyridine rings is 1. The summed E-state index contributed by atoms with van der Waals surface area (Å²) in [5.41, 5.74) is 5.04. The monoisotopic (exact) mass is 427 g/mol. The van der Waals surface area contributed by atoms with Crippen LogP contribution in [-0.4, -0.2) is 42.7 Å². The van der Waals surface area contributed by atoms with Crippen LogP contribution in [-0.2, 0) is 19.4 Å². The second-order valence-electron chi connectivity index (χ2n) is 6.78. The number of carbonyl (C=O) groups is 2. The summed E-state index contributed by atoms with van der Waals surface area (Å²) in [6, 6.07) is 7.24. The quantitative estimate of drug-likeness (QED) is 0.716. The molecule has 2 rings (SSSR count). The van der Waals surface area contributed by atoms with E-state index in [0.29, 0.717) is 0 Å². The Labute approximate surface area is 166 Å². The van der Waals surface area contributed by atoms with Gasteiger partial charge in [-0.1, -0.05) is 12.1 Å². The van der Waals surface area contributed by atoms with Crippen molar-refractivity contribution in [2.75, 3.05) is 11.4 Å². The SMILES string of the molecule is CC(C)(C)OC(=O)N(CC(=O)O)c1cccc(C(N)S(=O)(=O)c2cccs2)n1. The molecule has 0 aliphatic heterocycles. The minimum Gasteiger partial charge on any atom is -0.480 e. The molecule has 0 aliphatic rings. The summed E-state index contributed by atoms with van der Waals surface area (Å²) >= 11 is 1.03. The van der Waals surface area contributed by atoms with Gasteiger partial charge in [0.25, 0.3) is 0 Å². The Hall–Kier alpha value is -2.50. The number of sulfone groups is 1. The molecule has 2 aromatic rings. The molecule has 1 amide bonds. The topological polar surface area (TPSA) is 140 Å². The number of aliphatic carboxylic acids is 1. The van der Waals surface area contributed by atoms with Crippen LogP contribution in [0, 0.1) is 0 Å². The number of amides is 1. The summed E-state index contributed by atoms with van der Waals surface area (Å²) in [4.78, 5) is 28.5. The maximum Gasteiger partial charge on any atom is 0.416 e. The van der Waals surface area contributed by atoms with Crippen LogP contribution in [0.3, 0.4) is 0 Å². The molecular formula is C17H21N3O6S2. The Bertz CT molecular complexity index is 952. The third kappa shape index (κ3) is 5.27. The van der Waals surface area contributed by atoms with E-state index >= 15 is 0 Å². The first-order valence-corrected chi connectivity index (χ1v) is 10.6. The standard InChI is InChI=1S/C17H21N3O6S2/c1-17(2,3)26-16(23)20(10-13(21)22)12-7-4-6-11(19-12)15(18)28(24,25)14-8-5-9-27-14/h4-9,15H,10,18H2,1-3H3,(H,21,22). The number of carbonyl (C=O) groups excluding carboxylic acids is 1. The number of anilines is 1. The van der Waals surface area contributed by atoms with Crippen LogP contribution in [0.4, 0.5) is 10.6 Å². The third-order valence-corrected chi connectivity index (χ3v) is 6.60. The average Bonchev–Trinajstić information content (AvgIpc) is 3.12. The fraction of sp³-hybridized carbons (Fsp3) is 0.353. The number of aromatic nitrogens is 1. The first-order valence-electron chi connectivity index (χ1n) is 8.14. The van der Waals surface area contributed by atoms with Crippen LogP contribution >= 0.6 is 11.3 Å². The van der Waals surface area contributed by atoms with E-state index in [2.05, 4.69) is 4.98 Å². The molecule has 1 unspecified atom stereocenters. The number of hydrogen-bond donors (Lipinski definition) is 2. The zero-order valence-electron chi connectivity index (χ0n) is 15.5. The van der Waals surface area contributed by atoms with E-state index in [-0.39, 0.29) is 15.7 Å². The van der Waals surface area contributed by atoms with Crippen molar-refractivity contribution in [2.24, 2.45) is 5.73 Å². The van der Waals surface area contributed by atoms with Gasteiger partial charge in [0.15, 0.2) is 5.37 Å². The van der Waals surface area contributed by atoms with Crippen molar-refractivity contribution < 1.29 is 27.9 Å². The number of carboxylic acids is 1. The Morgan fingerprint density at radius 2 is 1.96 bits per heavy atom. The van der Waals surface area contributed by atoms with E-state index in [1.165, 1.54) is 24.3 Å². The van der Waals surface area contributed by atoms with Gasteiger partial charge in [-0.3, -0.25) is 9.69 Å². The summed E-state index contributed by atoms with van der Waals surface area (Å²) < 4.78 is 30.5. The maximum atomic E-state index is 12.6. The lowest BCUT2D eigenvalue weighted by Crippen LogP contribution is -2.40. The molecule has 9 nitrogen and oxygen atoms in total. The fourth-order valence-corrected chi connectivity index (χ4v) is 4.58. The van der Waals surface area contributed by atoms with Crippen molar-refractivity contribution in [2.45, 2.75) is 36.0 Å². The van der Waals surface area contributed by atoms with E-state index in [0.717, 1.165) is 16.2 Å². The van der Waals surface area contributed by atoms with Gasteiger partial charge in [-0.25, -0.2) is 18.2 Å². The van der Waals surface area contributed by atoms with Gasteiger partial charge >= 0.3 is 12.1 Å². The Morgan fingerprint density at radius 3 is 2.50 bits per heavy atom. The minimum atomic E-state index is -3.88. The number of rotatable bonds is 6. The molecule has 0 fully saturated rings. The maximum absolute atomic E-state index is 12.6. The van der Waals surface area contributed by atoms with Crippen molar-refractivity contribution in [3.8, 4) is 0 Å². The lowest BCUT2D eigenvalue weighted by Gasteiger charge is -2.26. The molecule has 3 N–H and O–H groups in total. The molecule has 0 spiro atoms. The van der Waals surface area contributed by atoms with Crippen molar-refractivity contribution in [1.82, 2.24) is 4.98 Å². The third-order valence-electron chi connectivity index (χ3n) is 3.34. The first-order chi connectivity index (χ1) is 12.9. The molecule has 0 aliphatic carbocycles. The first kappa shape index (κ1) is 21.8. The Morgan fingerprint density at radius 1 is 1.29 bits per heavy atom. The predicted molar refractivity (Wildman–Crippen MR) is 104 cm³/mol. The minimum absolute atomic E-state index is 0.0233. The summed E-state index contributed by atoms with van der Waals surface area (Å²) in [7, 11) is -3.88. The second-order valence-corrected chi connectivity index (χ2v) is 10.0. The van der Waals surface area contributed by atoms with E-state index in [9.17, 15) is 18.0 Å². The van der Waals surface area contributed by atoms with Crippen LogP contribution < -0.4 is 10.6 Å². The van der Waals surface area contributed by atoms with Gasteiger partial charge in [0.2, 0.25) is 9.84 Å². The molecule has 0 aromatic carbocycles. The summed E-state index contributed by atoms with van der Waals surface area (Å²) in [5, 5.41) is 9.26. The van der Waals surface area contributed by atoms with Gasteiger partial charge in [-0.2, -0.15) is 0 Å². The molecule has 1 atom stereocenters. The number of hydrogen-bond acceptors (Lipinski definition) is 8. The molecule has 0 radical (unpaired) electrons. The highest BCUT2D eigenvalue weighted by Gasteiger charge is 2.30. The lowest BCUT2D eigenvalue weighted by atomic mass is 10.2. The number of nitrogens with two attached hydrogens (primary N) is 1. The van der Waals surface area contributed by atoms with Crippen molar-refractivity contribution in [1.29, 1.82) is 0 Å². The highest BCUT2D eigenvalue weighted by molar-refractivity contribution is 7.93. The van der Waals surface area contributed by atoms with Crippen LogP contribution in [0.15, 0.2) is 39.9 Å². The Kier molecular flexibility index (Phi) is 6.42. The van der Waals surface area contributed by atoms with E-state index in [1.54, 1.807) is 32.2 Å². The molecule has 28 heavy (non-hydrogen) atoms. The van der Waals surface area contributed by atoms with Gasteiger partial charge in [0.1, 0.15) is 22.2 Å². The van der Waals surface area contributed by atoms with Crippen LogP contribution in [0.5, 0.6) is 0 Å². The van der Waals surface area contributed by atoms with E-state index < -0.39 is 39.4 Å². The number of nitrogens with zero attached hydrogens (tertiary/aromatic N) is 2. The summed E-state index contributed by atoms with van der Waals surface area (Å²) in [6.07, 6.45) is -0.922. The number of carboxylic acid groups (broad SMARTS) is 1. The zero-order valence-corrected chi connectivity index (χ0v) is 17.2. The van der Waals surface area contributed by atoms with E-state index in [4.69, 9.17) is 15.6 Å². The molecule has 0 saturated heterocycles. The highest BCUT2D eigenvalue weighted by Crippen LogP contribution is 2.28. The smallest absolute Gasteiger partial charge is 0.416 e. The van der Waals surface area contributed by atoms with Crippen molar-refractivity contribution in [3.63, 3.8) is 0 Å². The van der Waals surface area contributed by atoms with E-state index in [1.807, 2.05) is 0 Å². The van der Waals surface area contributed by atoms with Crippen LogP contribution in [0.1, 0.15) is 31.8 Å².